The van der Waals surface area contributed by atoms with Crippen LogP contribution in [0.4, 0.5) is 5.69 Å². The standard InChI is InChI=1S/C21H21NO2S/c1-3-24-18-12-10-17(11-13-18)22(15-19-8-6-14-25-19)21(23)20-9-5-4-7-16(20)2/h4-14H,3,15H2,1-2H3. The Kier molecular flexibility index (Phi) is 5.51. The minimum Gasteiger partial charge on any atom is -0.494 e. The van der Waals surface area contributed by atoms with E-state index < -0.39 is 0 Å². The first kappa shape index (κ1) is 17.2. The zero-order chi connectivity index (χ0) is 17.6. The second-order valence-electron chi connectivity index (χ2n) is 5.71. The highest BCUT2D eigenvalue weighted by Gasteiger charge is 2.20. The monoisotopic (exact) mass is 351 g/mol. The number of aryl methyl sites for hydroxylation is 1. The summed E-state index contributed by atoms with van der Waals surface area (Å²) in [5.41, 5.74) is 2.58. The van der Waals surface area contributed by atoms with Crippen LogP contribution in [0.15, 0.2) is 66.0 Å². The molecule has 0 bridgehead atoms. The summed E-state index contributed by atoms with van der Waals surface area (Å²) < 4.78 is 5.51. The van der Waals surface area contributed by atoms with Gasteiger partial charge in [0.05, 0.1) is 13.2 Å². The summed E-state index contributed by atoms with van der Waals surface area (Å²) in [6, 6.07) is 19.5. The van der Waals surface area contributed by atoms with Gasteiger partial charge in [-0.15, -0.1) is 11.3 Å². The second kappa shape index (κ2) is 7.99. The first-order valence-electron chi connectivity index (χ1n) is 8.31. The van der Waals surface area contributed by atoms with Gasteiger partial charge in [0.25, 0.3) is 5.91 Å². The number of ether oxygens (including phenoxy) is 1. The molecule has 0 aliphatic carbocycles. The van der Waals surface area contributed by atoms with E-state index in [0.29, 0.717) is 13.2 Å². The summed E-state index contributed by atoms with van der Waals surface area (Å²) in [6.45, 7) is 5.10. The average Bonchev–Trinajstić information content (AvgIpc) is 3.14. The van der Waals surface area contributed by atoms with Crippen molar-refractivity contribution in [1.29, 1.82) is 0 Å². The summed E-state index contributed by atoms with van der Waals surface area (Å²) in [4.78, 5) is 16.2. The van der Waals surface area contributed by atoms with Crippen LogP contribution >= 0.6 is 11.3 Å². The molecule has 0 fully saturated rings. The molecule has 0 saturated heterocycles. The Labute approximate surface area is 152 Å². The van der Waals surface area contributed by atoms with E-state index in [1.165, 1.54) is 0 Å². The largest absolute Gasteiger partial charge is 0.494 e. The highest BCUT2D eigenvalue weighted by Crippen LogP contribution is 2.25. The normalized spacial score (nSPS) is 10.5. The fraction of sp³-hybridized carbons (Fsp3) is 0.190. The van der Waals surface area contributed by atoms with Crippen LogP contribution < -0.4 is 9.64 Å². The van der Waals surface area contributed by atoms with Gasteiger partial charge in [0, 0.05) is 16.1 Å². The van der Waals surface area contributed by atoms with E-state index in [9.17, 15) is 4.79 Å². The minimum absolute atomic E-state index is 0.00987. The Morgan fingerprint density at radius 1 is 1.04 bits per heavy atom. The topological polar surface area (TPSA) is 29.5 Å². The van der Waals surface area contributed by atoms with Gasteiger partial charge in [0.2, 0.25) is 0 Å². The van der Waals surface area contributed by atoms with E-state index in [1.54, 1.807) is 11.3 Å². The lowest BCUT2D eigenvalue weighted by atomic mass is 10.1. The van der Waals surface area contributed by atoms with Crippen molar-refractivity contribution in [1.82, 2.24) is 0 Å². The molecule has 0 aliphatic heterocycles. The molecule has 1 heterocycles. The van der Waals surface area contributed by atoms with Gasteiger partial charge in [0.15, 0.2) is 0 Å². The third-order valence-electron chi connectivity index (χ3n) is 3.97. The van der Waals surface area contributed by atoms with Gasteiger partial charge in [-0.1, -0.05) is 24.3 Å². The maximum absolute atomic E-state index is 13.2. The summed E-state index contributed by atoms with van der Waals surface area (Å²) in [6.07, 6.45) is 0. The molecule has 4 heteroatoms. The molecule has 3 nitrogen and oxygen atoms in total. The second-order valence-corrected chi connectivity index (χ2v) is 6.74. The van der Waals surface area contributed by atoms with Crippen molar-refractivity contribution in [2.24, 2.45) is 0 Å². The Morgan fingerprint density at radius 3 is 2.44 bits per heavy atom. The van der Waals surface area contributed by atoms with Crippen molar-refractivity contribution < 1.29 is 9.53 Å². The summed E-state index contributed by atoms with van der Waals surface area (Å²) in [5, 5.41) is 2.03. The maximum atomic E-state index is 13.2. The number of carbonyl (C=O) groups excluding carboxylic acids is 1. The molecule has 2 aromatic carbocycles. The maximum Gasteiger partial charge on any atom is 0.258 e. The van der Waals surface area contributed by atoms with Crippen LogP contribution in [-0.2, 0) is 6.54 Å². The van der Waals surface area contributed by atoms with Crippen LogP contribution in [0.2, 0.25) is 0 Å². The fourth-order valence-corrected chi connectivity index (χ4v) is 3.38. The molecule has 1 amide bonds. The van der Waals surface area contributed by atoms with E-state index in [0.717, 1.165) is 27.4 Å². The van der Waals surface area contributed by atoms with Crippen molar-refractivity contribution >= 4 is 22.9 Å². The molecule has 0 radical (unpaired) electrons. The van der Waals surface area contributed by atoms with Crippen LogP contribution in [0.1, 0.15) is 27.7 Å². The molecule has 25 heavy (non-hydrogen) atoms. The van der Waals surface area contributed by atoms with Gasteiger partial charge in [0.1, 0.15) is 5.75 Å². The lowest BCUT2D eigenvalue weighted by Gasteiger charge is -2.23. The summed E-state index contributed by atoms with van der Waals surface area (Å²) in [7, 11) is 0. The van der Waals surface area contributed by atoms with E-state index in [4.69, 9.17) is 4.74 Å². The lowest BCUT2D eigenvalue weighted by molar-refractivity contribution is 0.0985. The van der Waals surface area contributed by atoms with Crippen LogP contribution in [0.5, 0.6) is 5.75 Å². The van der Waals surface area contributed by atoms with Gasteiger partial charge in [-0.05, 0) is 61.2 Å². The number of carbonyl (C=O) groups is 1. The zero-order valence-corrected chi connectivity index (χ0v) is 15.3. The van der Waals surface area contributed by atoms with Gasteiger partial charge >= 0.3 is 0 Å². The van der Waals surface area contributed by atoms with Gasteiger partial charge in [-0.25, -0.2) is 0 Å². The van der Waals surface area contributed by atoms with E-state index >= 15 is 0 Å². The van der Waals surface area contributed by atoms with Crippen molar-refractivity contribution in [2.75, 3.05) is 11.5 Å². The number of nitrogens with zero attached hydrogens (tertiary/aromatic N) is 1. The number of anilines is 1. The molecule has 0 unspecified atom stereocenters. The van der Waals surface area contributed by atoms with E-state index in [1.807, 2.05) is 78.7 Å². The van der Waals surface area contributed by atoms with Gasteiger partial charge in [-0.3, -0.25) is 4.79 Å². The summed E-state index contributed by atoms with van der Waals surface area (Å²) in [5.74, 6) is 0.821. The van der Waals surface area contributed by atoms with Crippen LogP contribution in [0, 0.1) is 6.92 Å². The van der Waals surface area contributed by atoms with E-state index in [-0.39, 0.29) is 5.91 Å². The molecular formula is C21H21NO2S. The molecule has 3 aromatic rings. The number of thiophene rings is 1. The molecule has 0 atom stereocenters. The highest BCUT2D eigenvalue weighted by atomic mass is 32.1. The van der Waals surface area contributed by atoms with Crippen LogP contribution in [0.25, 0.3) is 0 Å². The van der Waals surface area contributed by atoms with Crippen LogP contribution in [-0.4, -0.2) is 12.5 Å². The smallest absolute Gasteiger partial charge is 0.258 e. The molecule has 0 saturated carbocycles. The molecule has 0 spiro atoms. The predicted molar refractivity (Wildman–Crippen MR) is 104 cm³/mol. The number of hydrogen-bond donors (Lipinski definition) is 0. The Morgan fingerprint density at radius 2 is 1.80 bits per heavy atom. The highest BCUT2D eigenvalue weighted by molar-refractivity contribution is 7.09. The molecule has 0 aliphatic rings. The third kappa shape index (κ3) is 4.09. The zero-order valence-electron chi connectivity index (χ0n) is 14.4. The predicted octanol–water partition coefficient (Wildman–Crippen LogP) is 5.30. The Hall–Kier alpha value is -2.59. The average molecular weight is 351 g/mol. The molecule has 128 valence electrons. The molecule has 1 aromatic heterocycles. The number of hydrogen-bond acceptors (Lipinski definition) is 3. The van der Waals surface area contributed by atoms with E-state index in [2.05, 4.69) is 6.07 Å². The van der Waals surface area contributed by atoms with Gasteiger partial charge < -0.3 is 9.64 Å². The number of amides is 1. The number of rotatable bonds is 6. The quantitative estimate of drug-likeness (QED) is 0.603. The van der Waals surface area contributed by atoms with Crippen molar-refractivity contribution in [3.63, 3.8) is 0 Å². The molecule has 0 N–H and O–H groups in total. The SMILES string of the molecule is CCOc1ccc(N(Cc2cccs2)C(=O)c2ccccc2C)cc1. The van der Waals surface area contributed by atoms with Crippen molar-refractivity contribution in [3.05, 3.63) is 82.0 Å². The minimum atomic E-state index is 0.00987. The van der Waals surface area contributed by atoms with Crippen LogP contribution in [0.3, 0.4) is 0 Å². The van der Waals surface area contributed by atoms with Gasteiger partial charge in [-0.2, -0.15) is 0 Å². The first-order valence-corrected chi connectivity index (χ1v) is 9.19. The third-order valence-corrected chi connectivity index (χ3v) is 4.84. The Balaban J connectivity index is 1.94. The molecular weight excluding hydrogens is 330 g/mol. The Bertz CT molecular complexity index is 825. The fourth-order valence-electron chi connectivity index (χ4n) is 2.69. The van der Waals surface area contributed by atoms with Crippen molar-refractivity contribution in [2.45, 2.75) is 20.4 Å². The lowest BCUT2D eigenvalue weighted by Crippen LogP contribution is -2.30. The summed E-state index contributed by atoms with van der Waals surface area (Å²) >= 11 is 1.66. The molecule has 3 rings (SSSR count). The van der Waals surface area contributed by atoms with Crippen molar-refractivity contribution in [3.8, 4) is 5.75 Å². The number of benzene rings is 2. The first-order chi connectivity index (χ1) is 12.2.